The fourth-order valence-corrected chi connectivity index (χ4v) is 2.73. The molecule has 4 heteroatoms. The fraction of sp³-hybridized carbons (Fsp3) is 1.00. The summed E-state index contributed by atoms with van der Waals surface area (Å²) in [7, 11) is -0.549. The van der Waals surface area contributed by atoms with Crippen molar-refractivity contribution in [2.24, 2.45) is 5.73 Å². The molecule has 1 fully saturated rings. The minimum Gasteiger partial charge on any atom is -0.329 e. The minimum absolute atomic E-state index is 0.390. The van der Waals surface area contributed by atoms with E-state index < -0.39 is 10.8 Å². The van der Waals surface area contributed by atoms with E-state index in [1.807, 2.05) is 0 Å². The van der Waals surface area contributed by atoms with E-state index in [1.54, 1.807) is 0 Å². The van der Waals surface area contributed by atoms with Crippen LogP contribution in [0.2, 0.25) is 0 Å². The predicted molar refractivity (Wildman–Crippen MR) is 52.6 cm³/mol. The van der Waals surface area contributed by atoms with Gasteiger partial charge < -0.3 is 11.1 Å². The molecule has 3 nitrogen and oxygen atoms in total. The van der Waals surface area contributed by atoms with E-state index in [0.29, 0.717) is 18.6 Å². The van der Waals surface area contributed by atoms with Gasteiger partial charge in [0.2, 0.25) is 0 Å². The lowest BCUT2D eigenvalue weighted by atomic mass is 10.1. The van der Waals surface area contributed by atoms with Crippen LogP contribution < -0.4 is 11.1 Å². The second-order valence-corrected chi connectivity index (χ2v) is 5.12. The lowest BCUT2D eigenvalue weighted by Gasteiger charge is -2.25. The van der Waals surface area contributed by atoms with Gasteiger partial charge in [-0.1, -0.05) is 0 Å². The van der Waals surface area contributed by atoms with Gasteiger partial charge >= 0.3 is 0 Å². The number of hydrogen-bond donors (Lipinski definition) is 2. The van der Waals surface area contributed by atoms with Crippen molar-refractivity contribution < 1.29 is 4.21 Å². The van der Waals surface area contributed by atoms with Crippen molar-refractivity contribution in [3.8, 4) is 0 Å². The predicted octanol–water partition coefficient (Wildman–Crippen LogP) is -0.166. The molecular formula is C8H18N2OS. The standard InChI is InChI=1S/C8H18N2OS/c1-7(6-9)10-8-2-4-12(11)5-3-8/h7-8,10H,2-6,9H2,1H3. The highest BCUT2D eigenvalue weighted by atomic mass is 32.2. The van der Waals surface area contributed by atoms with Crippen molar-refractivity contribution >= 4 is 10.8 Å². The summed E-state index contributed by atoms with van der Waals surface area (Å²) in [5.74, 6) is 1.71. The summed E-state index contributed by atoms with van der Waals surface area (Å²) in [6, 6.07) is 0.933. The van der Waals surface area contributed by atoms with Crippen molar-refractivity contribution in [3.63, 3.8) is 0 Å². The van der Waals surface area contributed by atoms with Crippen LogP contribution in [0.1, 0.15) is 19.8 Å². The smallest absolute Gasteiger partial charge is 0.0249 e. The molecule has 1 aliphatic heterocycles. The van der Waals surface area contributed by atoms with Crippen LogP contribution in [0.5, 0.6) is 0 Å². The third-order valence-corrected chi connectivity index (χ3v) is 3.64. The lowest BCUT2D eigenvalue weighted by Crippen LogP contribution is -2.43. The van der Waals surface area contributed by atoms with Gasteiger partial charge in [0, 0.05) is 40.9 Å². The summed E-state index contributed by atoms with van der Waals surface area (Å²) in [6.45, 7) is 2.77. The summed E-state index contributed by atoms with van der Waals surface area (Å²) < 4.78 is 11.0. The molecule has 0 spiro atoms. The van der Waals surface area contributed by atoms with E-state index in [-0.39, 0.29) is 0 Å². The fourth-order valence-electron chi connectivity index (χ4n) is 1.43. The maximum atomic E-state index is 11.0. The van der Waals surface area contributed by atoms with Crippen LogP contribution >= 0.6 is 0 Å². The molecule has 0 aromatic heterocycles. The van der Waals surface area contributed by atoms with Gasteiger partial charge in [-0.05, 0) is 19.8 Å². The Balaban J connectivity index is 2.21. The van der Waals surface area contributed by atoms with Crippen LogP contribution in [0, 0.1) is 0 Å². The quantitative estimate of drug-likeness (QED) is 0.650. The van der Waals surface area contributed by atoms with Crippen LogP contribution in [0.25, 0.3) is 0 Å². The Hall–Kier alpha value is 0.0700. The SMILES string of the molecule is CC(CN)NC1CCS(=O)CC1. The van der Waals surface area contributed by atoms with E-state index in [1.165, 1.54) is 0 Å². The second-order valence-electron chi connectivity index (χ2n) is 3.43. The zero-order chi connectivity index (χ0) is 8.97. The third kappa shape index (κ3) is 3.21. The van der Waals surface area contributed by atoms with E-state index in [9.17, 15) is 4.21 Å². The lowest BCUT2D eigenvalue weighted by molar-refractivity contribution is 0.423. The molecule has 1 saturated heterocycles. The van der Waals surface area contributed by atoms with Crippen molar-refractivity contribution in [2.75, 3.05) is 18.1 Å². The molecule has 1 rings (SSSR count). The van der Waals surface area contributed by atoms with Crippen LogP contribution in [-0.2, 0) is 10.8 Å². The summed E-state index contributed by atoms with van der Waals surface area (Å²) >= 11 is 0. The first-order valence-corrected chi connectivity index (χ1v) is 6.02. The average molecular weight is 190 g/mol. The highest BCUT2D eigenvalue weighted by Gasteiger charge is 2.18. The van der Waals surface area contributed by atoms with Crippen molar-refractivity contribution in [2.45, 2.75) is 31.8 Å². The molecule has 12 heavy (non-hydrogen) atoms. The summed E-state index contributed by atoms with van der Waals surface area (Å²) in [6.07, 6.45) is 2.08. The van der Waals surface area contributed by atoms with Gasteiger partial charge in [0.05, 0.1) is 0 Å². The largest absolute Gasteiger partial charge is 0.329 e. The van der Waals surface area contributed by atoms with Crippen LogP contribution in [0.4, 0.5) is 0 Å². The van der Waals surface area contributed by atoms with Gasteiger partial charge in [-0.25, -0.2) is 0 Å². The van der Waals surface area contributed by atoms with Gasteiger partial charge in [0.25, 0.3) is 0 Å². The van der Waals surface area contributed by atoms with Crippen molar-refractivity contribution in [1.82, 2.24) is 5.32 Å². The van der Waals surface area contributed by atoms with Gasteiger partial charge in [-0.3, -0.25) is 4.21 Å². The molecule has 0 aromatic carbocycles. The van der Waals surface area contributed by atoms with E-state index in [2.05, 4.69) is 12.2 Å². The van der Waals surface area contributed by atoms with Gasteiger partial charge in [-0.15, -0.1) is 0 Å². The van der Waals surface area contributed by atoms with Crippen molar-refractivity contribution in [1.29, 1.82) is 0 Å². The zero-order valence-corrected chi connectivity index (χ0v) is 8.40. The molecule has 0 radical (unpaired) electrons. The molecule has 0 saturated carbocycles. The van der Waals surface area contributed by atoms with Gasteiger partial charge in [-0.2, -0.15) is 0 Å². The van der Waals surface area contributed by atoms with Gasteiger partial charge in [0.1, 0.15) is 0 Å². The zero-order valence-electron chi connectivity index (χ0n) is 7.58. The molecule has 1 heterocycles. The Morgan fingerprint density at radius 1 is 1.58 bits per heavy atom. The van der Waals surface area contributed by atoms with E-state index in [4.69, 9.17) is 5.73 Å². The van der Waals surface area contributed by atoms with Gasteiger partial charge in [0.15, 0.2) is 0 Å². The second kappa shape index (κ2) is 4.94. The van der Waals surface area contributed by atoms with Crippen LogP contribution in [-0.4, -0.2) is 34.3 Å². The Bertz CT molecular complexity index is 153. The Labute approximate surface area is 76.6 Å². The number of hydrogen-bond acceptors (Lipinski definition) is 3. The van der Waals surface area contributed by atoms with Crippen LogP contribution in [0.15, 0.2) is 0 Å². The van der Waals surface area contributed by atoms with E-state index in [0.717, 1.165) is 24.3 Å². The first kappa shape index (κ1) is 10.2. The molecule has 1 aliphatic rings. The number of nitrogens with one attached hydrogen (secondary N) is 1. The minimum atomic E-state index is -0.549. The molecule has 0 aliphatic carbocycles. The molecule has 72 valence electrons. The number of nitrogens with two attached hydrogens (primary N) is 1. The molecule has 0 amide bonds. The molecule has 3 N–H and O–H groups in total. The molecule has 1 atom stereocenters. The Morgan fingerprint density at radius 2 is 2.17 bits per heavy atom. The Kier molecular flexibility index (Phi) is 4.18. The average Bonchev–Trinajstić information content (AvgIpc) is 2.09. The first-order chi connectivity index (χ1) is 5.72. The molecular weight excluding hydrogens is 172 g/mol. The summed E-state index contributed by atoms with van der Waals surface area (Å²) in [5.41, 5.74) is 5.49. The topological polar surface area (TPSA) is 55.1 Å². The summed E-state index contributed by atoms with van der Waals surface area (Å²) in [5, 5.41) is 3.43. The Morgan fingerprint density at radius 3 is 2.67 bits per heavy atom. The highest BCUT2D eigenvalue weighted by molar-refractivity contribution is 7.85. The van der Waals surface area contributed by atoms with Crippen molar-refractivity contribution in [3.05, 3.63) is 0 Å². The third-order valence-electron chi connectivity index (χ3n) is 2.26. The normalized spacial score (nSPS) is 33.2. The first-order valence-electron chi connectivity index (χ1n) is 4.53. The summed E-state index contributed by atoms with van der Waals surface area (Å²) in [4.78, 5) is 0. The maximum absolute atomic E-state index is 11.0. The monoisotopic (exact) mass is 190 g/mol. The highest BCUT2D eigenvalue weighted by Crippen LogP contribution is 2.09. The van der Waals surface area contributed by atoms with E-state index >= 15 is 0 Å². The van der Waals surface area contributed by atoms with Crippen LogP contribution in [0.3, 0.4) is 0 Å². The molecule has 0 bridgehead atoms. The maximum Gasteiger partial charge on any atom is 0.0249 e. The number of rotatable bonds is 3. The molecule has 1 unspecified atom stereocenters. The molecule has 0 aromatic rings.